The fourth-order valence-electron chi connectivity index (χ4n) is 2.07. The molecule has 17 heavy (non-hydrogen) atoms. The van der Waals surface area contributed by atoms with Gasteiger partial charge in [0, 0.05) is 25.8 Å². The fraction of sp³-hybridized carbons (Fsp3) is 0.636. The third-order valence-corrected chi connectivity index (χ3v) is 3.18. The molecule has 0 saturated heterocycles. The van der Waals surface area contributed by atoms with E-state index in [0.717, 1.165) is 19.3 Å². The number of carbonyl (C=O) groups is 1. The van der Waals surface area contributed by atoms with Crippen LogP contribution in [-0.4, -0.2) is 44.9 Å². The topological polar surface area (TPSA) is 84.4 Å². The Morgan fingerprint density at radius 1 is 1.71 bits per heavy atom. The van der Waals surface area contributed by atoms with Gasteiger partial charge in [-0.25, -0.2) is 0 Å². The van der Waals surface area contributed by atoms with E-state index in [0.29, 0.717) is 12.2 Å². The second kappa shape index (κ2) is 4.75. The van der Waals surface area contributed by atoms with Gasteiger partial charge in [-0.1, -0.05) is 0 Å². The number of nitrogens with two attached hydrogens (primary N) is 1. The first-order valence-electron chi connectivity index (χ1n) is 5.84. The lowest BCUT2D eigenvalue weighted by molar-refractivity contribution is 0.0520. The average molecular weight is 238 g/mol. The van der Waals surface area contributed by atoms with Crippen LogP contribution in [0.15, 0.2) is 6.20 Å². The van der Waals surface area contributed by atoms with Gasteiger partial charge in [0.2, 0.25) is 0 Å². The van der Waals surface area contributed by atoms with Gasteiger partial charge >= 0.3 is 0 Å². The zero-order valence-corrected chi connectivity index (χ0v) is 9.96. The number of rotatable bonds is 4. The predicted molar refractivity (Wildman–Crippen MR) is 63.4 cm³/mol. The second-order valence-electron chi connectivity index (χ2n) is 4.41. The molecule has 1 aliphatic carbocycles. The maximum absolute atomic E-state index is 12.3. The molecule has 1 aliphatic rings. The summed E-state index contributed by atoms with van der Waals surface area (Å²) in [6.07, 6.45) is 4.75. The number of nitrogen functional groups attached to an aromatic ring is 1. The summed E-state index contributed by atoms with van der Waals surface area (Å²) >= 11 is 0. The lowest BCUT2D eigenvalue weighted by Gasteiger charge is -2.36. The minimum Gasteiger partial charge on any atom is -0.396 e. The Morgan fingerprint density at radius 2 is 2.41 bits per heavy atom. The number of anilines is 1. The van der Waals surface area contributed by atoms with Crippen LogP contribution >= 0.6 is 0 Å². The molecule has 0 atom stereocenters. The molecule has 1 saturated carbocycles. The molecule has 0 spiro atoms. The quantitative estimate of drug-likeness (QED) is 0.772. The van der Waals surface area contributed by atoms with Crippen molar-refractivity contribution in [2.24, 2.45) is 7.05 Å². The maximum Gasteiger partial charge on any atom is 0.276 e. The van der Waals surface area contributed by atoms with Crippen molar-refractivity contribution in [3.8, 4) is 0 Å². The molecule has 0 radical (unpaired) electrons. The Bertz CT molecular complexity index is 412. The first-order chi connectivity index (χ1) is 8.13. The van der Waals surface area contributed by atoms with Crippen LogP contribution in [-0.2, 0) is 7.05 Å². The maximum atomic E-state index is 12.3. The van der Waals surface area contributed by atoms with Gasteiger partial charge in [0.25, 0.3) is 5.91 Å². The predicted octanol–water partition coefficient (Wildman–Crippen LogP) is -0.0107. The molecule has 6 heteroatoms. The minimum absolute atomic E-state index is 0.0328. The number of aliphatic hydroxyl groups excluding tert-OH is 1. The van der Waals surface area contributed by atoms with Crippen molar-refractivity contribution in [1.82, 2.24) is 14.7 Å². The molecule has 0 aliphatic heterocycles. The molecule has 6 nitrogen and oxygen atoms in total. The molecule has 0 bridgehead atoms. The fourth-order valence-corrected chi connectivity index (χ4v) is 2.07. The van der Waals surface area contributed by atoms with Crippen molar-refractivity contribution < 1.29 is 9.90 Å². The van der Waals surface area contributed by atoms with Crippen LogP contribution in [0, 0.1) is 0 Å². The highest BCUT2D eigenvalue weighted by atomic mass is 16.3. The van der Waals surface area contributed by atoms with Gasteiger partial charge in [0.15, 0.2) is 5.69 Å². The highest BCUT2D eigenvalue weighted by Gasteiger charge is 2.31. The second-order valence-corrected chi connectivity index (χ2v) is 4.41. The Balaban J connectivity index is 2.17. The van der Waals surface area contributed by atoms with Gasteiger partial charge in [0.05, 0.1) is 12.3 Å². The number of nitrogens with zero attached hydrogens (tertiary/aromatic N) is 3. The molecule has 94 valence electrons. The van der Waals surface area contributed by atoms with Crippen LogP contribution in [0.3, 0.4) is 0 Å². The summed E-state index contributed by atoms with van der Waals surface area (Å²) in [5.74, 6) is -0.179. The summed E-state index contributed by atoms with van der Waals surface area (Å²) in [5, 5.41) is 13.1. The van der Waals surface area contributed by atoms with Crippen molar-refractivity contribution in [2.45, 2.75) is 25.3 Å². The van der Waals surface area contributed by atoms with Crippen LogP contribution in [0.25, 0.3) is 0 Å². The summed E-state index contributed by atoms with van der Waals surface area (Å²) in [4.78, 5) is 13.9. The number of aromatic nitrogens is 2. The van der Waals surface area contributed by atoms with Crippen molar-refractivity contribution >= 4 is 11.6 Å². The lowest BCUT2D eigenvalue weighted by Crippen LogP contribution is -2.46. The molecule has 0 unspecified atom stereocenters. The van der Waals surface area contributed by atoms with E-state index in [1.807, 2.05) is 0 Å². The minimum atomic E-state index is -0.179. The Labute approximate surface area is 100 Å². The van der Waals surface area contributed by atoms with E-state index in [1.54, 1.807) is 18.1 Å². The molecule has 1 aromatic rings. The molecule has 0 aromatic carbocycles. The number of hydrogen-bond donors (Lipinski definition) is 2. The molecular weight excluding hydrogens is 220 g/mol. The van der Waals surface area contributed by atoms with Crippen LogP contribution in [0.5, 0.6) is 0 Å². The van der Waals surface area contributed by atoms with Gasteiger partial charge in [-0.2, -0.15) is 5.10 Å². The number of aryl methyl sites for hydroxylation is 1. The van der Waals surface area contributed by atoms with Crippen molar-refractivity contribution in [3.63, 3.8) is 0 Å². The molecule has 1 heterocycles. The van der Waals surface area contributed by atoms with Crippen molar-refractivity contribution in [1.29, 1.82) is 0 Å². The Hall–Kier alpha value is -1.56. The summed E-state index contributed by atoms with van der Waals surface area (Å²) in [7, 11) is 1.73. The first-order valence-corrected chi connectivity index (χ1v) is 5.84. The molecule has 2 rings (SSSR count). The molecular formula is C11H18N4O2. The summed E-state index contributed by atoms with van der Waals surface area (Å²) < 4.78 is 1.53. The summed E-state index contributed by atoms with van der Waals surface area (Å²) in [6, 6.07) is 0.232. The zero-order valence-electron chi connectivity index (χ0n) is 9.96. The van der Waals surface area contributed by atoms with Gasteiger partial charge in [-0.05, 0) is 19.3 Å². The number of amides is 1. The molecule has 1 fully saturated rings. The normalized spacial score (nSPS) is 15.6. The highest BCUT2D eigenvalue weighted by molar-refractivity contribution is 5.97. The number of hydrogen-bond acceptors (Lipinski definition) is 4. The van der Waals surface area contributed by atoms with Gasteiger partial charge < -0.3 is 15.7 Å². The largest absolute Gasteiger partial charge is 0.396 e. The lowest BCUT2D eigenvalue weighted by atomic mass is 9.91. The Kier molecular flexibility index (Phi) is 3.33. The van der Waals surface area contributed by atoms with E-state index < -0.39 is 0 Å². The van der Waals surface area contributed by atoms with Gasteiger partial charge in [0.1, 0.15) is 0 Å². The van der Waals surface area contributed by atoms with Crippen LogP contribution < -0.4 is 5.73 Å². The molecule has 3 N–H and O–H groups in total. The van der Waals surface area contributed by atoms with Crippen molar-refractivity contribution in [3.05, 3.63) is 11.9 Å². The van der Waals surface area contributed by atoms with Crippen LogP contribution in [0.1, 0.15) is 29.8 Å². The monoisotopic (exact) mass is 238 g/mol. The standard InChI is InChI=1S/C11H18N4O2/c1-14-7-9(12)10(13-14)11(17)15(5-6-16)8-3-2-4-8/h7-8,16H,2-6,12H2,1H3. The molecule has 1 amide bonds. The summed E-state index contributed by atoms with van der Waals surface area (Å²) in [6.45, 7) is 0.314. The SMILES string of the molecule is Cn1cc(N)c(C(=O)N(CCO)C2CCC2)n1. The van der Waals surface area contributed by atoms with Crippen LogP contribution in [0.4, 0.5) is 5.69 Å². The zero-order chi connectivity index (χ0) is 12.4. The van der Waals surface area contributed by atoms with E-state index in [9.17, 15) is 4.79 Å². The third kappa shape index (κ3) is 2.26. The van der Waals surface area contributed by atoms with E-state index >= 15 is 0 Å². The average Bonchev–Trinajstić information content (AvgIpc) is 2.53. The van der Waals surface area contributed by atoms with E-state index in [4.69, 9.17) is 10.8 Å². The van der Waals surface area contributed by atoms with E-state index in [2.05, 4.69) is 5.10 Å². The Morgan fingerprint density at radius 3 is 2.82 bits per heavy atom. The summed E-state index contributed by atoms with van der Waals surface area (Å²) in [5.41, 5.74) is 6.42. The first kappa shape index (κ1) is 11.9. The number of carbonyl (C=O) groups excluding carboxylic acids is 1. The highest BCUT2D eigenvalue weighted by Crippen LogP contribution is 2.26. The van der Waals surface area contributed by atoms with Crippen LogP contribution in [0.2, 0.25) is 0 Å². The van der Waals surface area contributed by atoms with E-state index in [1.165, 1.54) is 4.68 Å². The van der Waals surface area contributed by atoms with Gasteiger partial charge in [-0.3, -0.25) is 9.48 Å². The number of aliphatic hydroxyl groups is 1. The molecule has 1 aromatic heterocycles. The third-order valence-electron chi connectivity index (χ3n) is 3.18. The van der Waals surface area contributed by atoms with E-state index in [-0.39, 0.29) is 24.2 Å². The van der Waals surface area contributed by atoms with Crippen molar-refractivity contribution in [2.75, 3.05) is 18.9 Å². The van der Waals surface area contributed by atoms with Gasteiger partial charge in [-0.15, -0.1) is 0 Å². The smallest absolute Gasteiger partial charge is 0.276 e.